The van der Waals surface area contributed by atoms with Gasteiger partial charge in [-0.1, -0.05) is 79.9 Å². The maximum Gasteiger partial charge on any atom is 0.358 e. The van der Waals surface area contributed by atoms with Crippen LogP contribution in [0.2, 0.25) is 0 Å². The third-order valence-electron chi connectivity index (χ3n) is 1.34. The predicted octanol–water partition coefficient (Wildman–Crippen LogP) is 3.49. The highest BCUT2D eigenvalue weighted by atomic mass is 35.6. The lowest BCUT2D eigenvalue weighted by Gasteiger charge is -2.05. The SMILES string of the molecule is C/C(N)=N/O.COC(=O)C(Cl)(Cl)Cl.Cc1noc(C(Cl)(Cl)Cl)n1. The molecule has 0 aliphatic heterocycles. The van der Waals surface area contributed by atoms with Crippen LogP contribution in [0, 0.1) is 6.92 Å². The van der Waals surface area contributed by atoms with Crippen LogP contribution < -0.4 is 5.73 Å². The predicted molar refractivity (Wildman–Crippen MR) is 89.7 cm³/mol. The summed E-state index contributed by atoms with van der Waals surface area (Å²) in [4.78, 5) is 13.9. The zero-order valence-corrected chi connectivity index (χ0v) is 16.4. The largest absolute Gasteiger partial charge is 0.466 e. The van der Waals surface area contributed by atoms with Crippen molar-refractivity contribution in [2.24, 2.45) is 10.9 Å². The van der Waals surface area contributed by atoms with E-state index in [0.29, 0.717) is 5.82 Å². The molecule has 14 heteroatoms. The van der Waals surface area contributed by atoms with Crippen molar-refractivity contribution in [3.8, 4) is 0 Å². The molecule has 0 aromatic carbocycles. The summed E-state index contributed by atoms with van der Waals surface area (Å²) in [6.45, 7) is 3.14. The van der Waals surface area contributed by atoms with E-state index >= 15 is 0 Å². The molecule has 0 aliphatic carbocycles. The van der Waals surface area contributed by atoms with Gasteiger partial charge in [0, 0.05) is 0 Å². The summed E-state index contributed by atoms with van der Waals surface area (Å²) in [5.74, 6) is -0.246. The lowest BCUT2D eigenvalue weighted by atomic mass is 10.7. The van der Waals surface area contributed by atoms with E-state index < -0.39 is 13.6 Å². The van der Waals surface area contributed by atoms with E-state index in [2.05, 4.69) is 24.6 Å². The van der Waals surface area contributed by atoms with E-state index in [-0.39, 0.29) is 11.7 Å². The number of halogens is 6. The number of carbonyl (C=O) groups excluding carboxylic acids is 1. The van der Waals surface area contributed by atoms with Gasteiger partial charge in [0.1, 0.15) is 5.84 Å². The van der Waals surface area contributed by atoms with Crippen LogP contribution in [-0.4, -0.2) is 38.1 Å². The first-order chi connectivity index (χ1) is 10.3. The number of ether oxygens (including phenoxy) is 1. The molecular formula is C9H12Cl6N4O4. The van der Waals surface area contributed by atoms with Crippen molar-refractivity contribution in [2.75, 3.05) is 7.11 Å². The fraction of sp³-hybridized carbons (Fsp3) is 0.556. The normalized spacial score (nSPS) is 11.6. The van der Waals surface area contributed by atoms with Gasteiger partial charge < -0.3 is 20.2 Å². The number of rotatable bonds is 0. The van der Waals surface area contributed by atoms with Gasteiger partial charge in [-0.25, -0.2) is 4.79 Å². The molecule has 134 valence electrons. The summed E-state index contributed by atoms with van der Waals surface area (Å²) in [6, 6.07) is 0. The summed E-state index contributed by atoms with van der Waals surface area (Å²) >= 11 is 31.3. The number of nitrogens with zero attached hydrogens (tertiary/aromatic N) is 3. The number of nitrogens with two attached hydrogens (primary N) is 1. The van der Waals surface area contributed by atoms with Crippen LogP contribution in [0.15, 0.2) is 9.68 Å². The first-order valence-electron chi connectivity index (χ1n) is 5.22. The summed E-state index contributed by atoms with van der Waals surface area (Å²) < 4.78 is 5.11. The van der Waals surface area contributed by atoms with Gasteiger partial charge in [0.05, 0.1) is 7.11 Å². The molecule has 0 unspecified atom stereocenters. The van der Waals surface area contributed by atoms with Gasteiger partial charge in [-0.2, -0.15) is 4.98 Å². The zero-order chi connectivity index (χ0) is 18.8. The molecule has 3 N–H and O–H groups in total. The lowest BCUT2D eigenvalue weighted by molar-refractivity contribution is -0.139. The van der Waals surface area contributed by atoms with Crippen molar-refractivity contribution in [3.05, 3.63) is 11.7 Å². The van der Waals surface area contributed by atoms with E-state index in [4.69, 9.17) is 80.5 Å². The summed E-state index contributed by atoms with van der Waals surface area (Å²) in [5.41, 5.74) is 4.79. The molecular weight excluding hydrogens is 441 g/mol. The molecule has 0 spiro atoms. The van der Waals surface area contributed by atoms with Crippen molar-refractivity contribution >= 4 is 81.4 Å². The molecule has 0 fully saturated rings. The third kappa shape index (κ3) is 13.7. The Labute approximate surface area is 161 Å². The Kier molecular flexibility index (Phi) is 12.1. The quantitative estimate of drug-likeness (QED) is 0.154. The fourth-order valence-electron chi connectivity index (χ4n) is 0.528. The maximum absolute atomic E-state index is 10.2. The van der Waals surface area contributed by atoms with Gasteiger partial charge in [0.2, 0.25) is 0 Å². The van der Waals surface area contributed by atoms with Gasteiger partial charge in [-0.3, -0.25) is 0 Å². The maximum atomic E-state index is 10.2. The van der Waals surface area contributed by atoms with Crippen LogP contribution >= 0.6 is 69.6 Å². The molecule has 1 aromatic heterocycles. The Morgan fingerprint density at radius 3 is 1.83 bits per heavy atom. The first-order valence-corrected chi connectivity index (χ1v) is 7.49. The molecule has 1 aromatic rings. The molecule has 23 heavy (non-hydrogen) atoms. The molecule has 0 atom stereocenters. The van der Waals surface area contributed by atoms with E-state index in [1.807, 2.05) is 0 Å². The molecule has 0 radical (unpaired) electrons. The van der Waals surface area contributed by atoms with Crippen molar-refractivity contribution < 1.29 is 19.3 Å². The lowest BCUT2D eigenvalue weighted by Crippen LogP contribution is -2.19. The minimum Gasteiger partial charge on any atom is -0.466 e. The molecule has 1 rings (SSSR count). The number of esters is 1. The molecule has 0 bridgehead atoms. The number of oxime groups is 1. The van der Waals surface area contributed by atoms with E-state index in [9.17, 15) is 4.79 Å². The number of aryl methyl sites for hydroxylation is 1. The van der Waals surface area contributed by atoms with Crippen LogP contribution in [0.5, 0.6) is 0 Å². The van der Waals surface area contributed by atoms with Crippen molar-refractivity contribution in [1.29, 1.82) is 0 Å². The molecule has 0 aliphatic rings. The van der Waals surface area contributed by atoms with E-state index in [1.165, 1.54) is 6.92 Å². The van der Waals surface area contributed by atoms with Crippen molar-refractivity contribution in [2.45, 2.75) is 21.4 Å². The van der Waals surface area contributed by atoms with Crippen LogP contribution in [0.25, 0.3) is 0 Å². The smallest absolute Gasteiger partial charge is 0.358 e. The number of alkyl halides is 6. The van der Waals surface area contributed by atoms with Crippen LogP contribution in [0.4, 0.5) is 0 Å². The molecule has 0 amide bonds. The van der Waals surface area contributed by atoms with Gasteiger partial charge in [0.25, 0.3) is 13.5 Å². The van der Waals surface area contributed by atoms with Crippen LogP contribution in [0.1, 0.15) is 18.6 Å². The zero-order valence-electron chi connectivity index (χ0n) is 11.9. The summed E-state index contributed by atoms with van der Waals surface area (Å²) in [6.07, 6.45) is 0. The van der Waals surface area contributed by atoms with Gasteiger partial charge in [-0.15, -0.1) is 0 Å². The van der Waals surface area contributed by atoms with Crippen LogP contribution in [0.3, 0.4) is 0 Å². The highest BCUT2D eigenvalue weighted by molar-refractivity contribution is 6.75. The van der Waals surface area contributed by atoms with Gasteiger partial charge in [0.15, 0.2) is 5.82 Å². The summed E-state index contributed by atoms with van der Waals surface area (Å²) in [7, 11) is 1.14. The Bertz CT molecular complexity index is 507. The highest BCUT2D eigenvalue weighted by Crippen LogP contribution is 2.36. The average molecular weight is 453 g/mol. The van der Waals surface area contributed by atoms with E-state index in [1.54, 1.807) is 6.92 Å². The van der Waals surface area contributed by atoms with Gasteiger partial charge >= 0.3 is 5.97 Å². The minimum absolute atomic E-state index is 0.00463. The average Bonchev–Trinajstić information content (AvgIpc) is 2.84. The topological polar surface area (TPSA) is 124 Å². The number of methoxy groups -OCH3 is 1. The third-order valence-corrected chi connectivity index (χ3v) is 2.29. The van der Waals surface area contributed by atoms with E-state index in [0.717, 1.165) is 7.11 Å². The second kappa shape index (κ2) is 11.2. The minimum atomic E-state index is -1.94. The first kappa shape index (κ1) is 24.9. The number of hydrogen-bond donors (Lipinski definition) is 2. The highest BCUT2D eigenvalue weighted by Gasteiger charge is 2.31. The monoisotopic (exact) mass is 450 g/mol. The second-order valence-corrected chi connectivity index (χ2v) is 7.94. The Hall–Kier alpha value is -0.380. The number of aromatic nitrogens is 2. The molecule has 0 saturated heterocycles. The fourth-order valence-corrected chi connectivity index (χ4v) is 0.990. The number of amidine groups is 1. The van der Waals surface area contributed by atoms with Crippen LogP contribution in [-0.2, 0) is 13.3 Å². The Morgan fingerprint density at radius 2 is 1.74 bits per heavy atom. The number of hydrogen-bond acceptors (Lipinski definition) is 7. The molecule has 1 heterocycles. The van der Waals surface area contributed by atoms with Gasteiger partial charge in [-0.05, 0) is 13.8 Å². The Balaban J connectivity index is 0. The number of carbonyl (C=O) groups is 1. The second-order valence-electron chi connectivity index (χ2n) is 3.38. The molecule has 0 saturated carbocycles. The summed E-state index contributed by atoms with van der Waals surface area (Å²) in [5, 5.41) is 13.6. The van der Waals surface area contributed by atoms with Crippen molar-refractivity contribution in [1.82, 2.24) is 10.1 Å². The molecule has 8 nitrogen and oxygen atoms in total. The standard InChI is InChI=1S/C4H3Cl3N2O.C3H3Cl3O2.C2H6N2O/c1-2-8-3(10-9-2)4(5,6)7;1-8-2(7)3(4,5)6;1-2(3)4-5/h1H3;1H3;5H,1H3,(H2,3,4). The van der Waals surface area contributed by atoms with Crippen molar-refractivity contribution in [3.63, 3.8) is 0 Å². The Morgan fingerprint density at radius 1 is 1.30 bits per heavy atom.